The lowest BCUT2D eigenvalue weighted by Crippen LogP contribution is -2.27. The van der Waals surface area contributed by atoms with Crippen molar-refractivity contribution in [1.82, 2.24) is 14.8 Å². The van der Waals surface area contributed by atoms with Gasteiger partial charge in [-0.05, 0) is 19.8 Å². The highest BCUT2D eigenvalue weighted by atomic mass is 16.4. The topological polar surface area (TPSA) is 68.0 Å². The summed E-state index contributed by atoms with van der Waals surface area (Å²) >= 11 is 0. The van der Waals surface area contributed by atoms with E-state index in [9.17, 15) is 9.90 Å². The van der Waals surface area contributed by atoms with E-state index in [2.05, 4.69) is 10.2 Å². The molecule has 5 heteroatoms. The van der Waals surface area contributed by atoms with Crippen LogP contribution < -0.4 is 0 Å². The number of aryl methyl sites for hydroxylation is 1. The Hall–Kier alpha value is -1.39. The van der Waals surface area contributed by atoms with Crippen molar-refractivity contribution >= 4 is 5.97 Å². The third-order valence-electron chi connectivity index (χ3n) is 3.40. The Labute approximate surface area is 94.5 Å². The van der Waals surface area contributed by atoms with Crippen LogP contribution in [0.15, 0.2) is 6.33 Å². The molecular formula is C11H17N3O2. The zero-order valence-corrected chi connectivity index (χ0v) is 9.46. The fourth-order valence-electron chi connectivity index (χ4n) is 2.53. The van der Waals surface area contributed by atoms with E-state index < -0.39 is 5.97 Å². The highest BCUT2D eigenvalue weighted by Crippen LogP contribution is 2.36. The number of aromatic nitrogens is 3. The molecule has 1 N–H and O–H groups in total. The second-order valence-corrected chi connectivity index (χ2v) is 4.31. The van der Waals surface area contributed by atoms with Crippen molar-refractivity contribution in [2.45, 2.75) is 45.1 Å². The van der Waals surface area contributed by atoms with Crippen molar-refractivity contribution in [3.8, 4) is 0 Å². The molecule has 2 atom stereocenters. The molecule has 0 saturated heterocycles. The molecule has 16 heavy (non-hydrogen) atoms. The molecule has 0 spiro atoms. The average molecular weight is 223 g/mol. The minimum absolute atomic E-state index is 0.0358. The van der Waals surface area contributed by atoms with Crippen LogP contribution in [0.1, 0.15) is 44.3 Å². The Bertz CT molecular complexity index is 375. The quantitative estimate of drug-likeness (QED) is 0.846. The molecule has 1 fully saturated rings. The van der Waals surface area contributed by atoms with Crippen molar-refractivity contribution < 1.29 is 9.90 Å². The molecule has 0 aromatic carbocycles. The Kier molecular flexibility index (Phi) is 3.22. The molecule has 1 aromatic rings. The molecule has 0 bridgehead atoms. The third kappa shape index (κ3) is 1.94. The summed E-state index contributed by atoms with van der Waals surface area (Å²) in [5.41, 5.74) is 0. The molecule has 88 valence electrons. The van der Waals surface area contributed by atoms with E-state index >= 15 is 0 Å². The van der Waals surface area contributed by atoms with Crippen molar-refractivity contribution in [2.75, 3.05) is 0 Å². The molecule has 0 aliphatic heterocycles. The maximum Gasteiger partial charge on any atom is 0.307 e. The average Bonchev–Trinajstić information content (AvgIpc) is 2.76. The molecule has 2 unspecified atom stereocenters. The lowest BCUT2D eigenvalue weighted by atomic mass is 9.78. The summed E-state index contributed by atoms with van der Waals surface area (Å²) in [6.07, 6.45) is 5.45. The molecule has 1 aromatic heterocycles. The number of aliphatic carboxylic acids is 1. The monoisotopic (exact) mass is 223 g/mol. The summed E-state index contributed by atoms with van der Waals surface area (Å²) < 4.78 is 1.95. The van der Waals surface area contributed by atoms with Gasteiger partial charge in [-0.2, -0.15) is 0 Å². The number of hydrogen-bond donors (Lipinski definition) is 1. The Morgan fingerprint density at radius 1 is 1.56 bits per heavy atom. The van der Waals surface area contributed by atoms with Crippen molar-refractivity contribution in [2.24, 2.45) is 5.92 Å². The van der Waals surface area contributed by atoms with Crippen LogP contribution in [-0.2, 0) is 11.3 Å². The van der Waals surface area contributed by atoms with Gasteiger partial charge in [-0.15, -0.1) is 10.2 Å². The van der Waals surface area contributed by atoms with E-state index in [4.69, 9.17) is 0 Å². The molecule has 1 aliphatic rings. The van der Waals surface area contributed by atoms with E-state index in [-0.39, 0.29) is 11.8 Å². The van der Waals surface area contributed by atoms with Gasteiger partial charge < -0.3 is 9.67 Å². The van der Waals surface area contributed by atoms with Gasteiger partial charge in [-0.25, -0.2) is 0 Å². The second-order valence-electron chi connectivity index (χ2n) is 4.31. The highest BCUT2D eigenvalue weighted by molar-refractivity contribution is 5.71. The fraction of sp³-hybridized carbons (Fsp3) is 0.727. The summed E-state index contributed by atoms with van der Waals surface area (Å²) in [6, 6.07) is 0. The first-order chi connectivity index (χ1) is 7.74. The summed E-state index contributed by atoms with van der Waals surface area (Å²) in [4.78, 5) is 11.2. The minimum Gasteiger partial charge on any atom is -0.481 e. The lowest BCUT2D eigenvalue weighted by Gasteiger charge is -2.27. The predicted octanol–water partition coefficient (Wildman–Crippen LogP) is 1.66. The van der Waals surface area contributed by atoms with Gasteiger partial charge in [0.15, 0.2) is 0 Å². The van der Waals surface area contributed by atoms with E-state index in [0.29, 0.717) is 0 Å². The number of carboxylic acid groups (broad SMARTS) is 1. The van der Waals surface area contributed by atoms with Gasteiger partial charge in [-0.1, -0.05) is 12.8 Å². The first-order valence-corrected chi connectivity index (χ1v) is 5.84. The molecule has 0 amide bonds. The first kappa shape index (κ1) is 11.1. The van der Waals surface area contributed by atoms with Gasteiger partial charge in [0.05, 0.1) is 5.92 Å². The third-order valence-corrected chi connectivity index (χ3v) is 3.40. The predicted molar refractivity (Wildman–Crippen MR) is 58.0 cm³/mol. The maximum absolute atomic E-state index is 11.2. The summed E-state index contributed by atoms with van der Waals surface area (Å²) in [7, 11) is 0. The van der Waals surface area contributed by atoms with Gasteiger partial charge in [0.1, 0.15) is 12.2 Å². The summed E-state index contributed by atoms with van der Waals surface area (Å²) in [5, 5.41) is 17.2. The molecule has 1 saturated carbocycles. The van der Waals surface area contributed by atoms with Crippen LogP contribution in [0, 0.1) is 5.92 Å². The van der Waals surface area contributed by atoms with Gasteiger partial charge in [0, 0.05) is 12.5 Å². The molecule has 1 heterocycles. The van der Waals surface area contributed by atoms with E-state index in [1.54, 1.807) is 6.33 Å². The summed E-state index contributed by atoms with van der Waals surface area (Å²) in [5.74, 6) is -0.109. The van der Waals surface area contributed by atoms with Gasteiger partial charge >= 0.3 is 5.97 Å². The molecule has 1 aliphatic carbocycles. The zero-order valence-electron chi connectivity index (χ0n) is 9.46. The van der Waals surface area contributed by atoms with Crippen molar-refractivity contribution in [3.63, 3.8) is 0 Å². The van der Waals surface area contributed by atoms with Gasteiger partial charge in [0.25, 0.3) is 0 Å². The Balaban J connectivity index is 2.26. The van der Waals surface area contributed by atoms with Crippen LogP contribution in [0.5, 0.6) is 0 Å². The smallest absolute Gasteiger partial charge is 0.307 e. The normalized spacial score (nSPS) is 25.6. The standard InChI is InChI=1S/C11H17N3O2/c1-2-14-7-12-13-10(14)8-5-3-4-6-9(8)11(15)16/h7-9H,2-6H2,1H3,(H,15,16). The van der Waals surface area contributed by atoms with Gasteiger partial charge in [0.2, 0.25) is 0 Å². The minimum atomic E-state index is -0.699. The van der Waals surface area contributed by atoms with Crippen molar-refractivity contribution in [3.05, 3.63) is 12.2 Å². The SMILES string of the molecule is CCn1cnnc1C1CCCCC1C(=O)O. The van der Waals surface area contributed by atoms with Crippen LogP contribution >= 0.6 is 0 Å². The molecular weight excluding hydrogens is 206 g/mol. The van der Waals surface area contributed by atoms with Crippen LogP contribution in [0.3, 0.4) is 0 Å². The highest BCUT2D eigenvalue weighted by Gasteiger charge is 2.34. The Morgan fingerprint density at radius 3 is 3.00 bits per heavy atom. The van der Waals surface area contributed by atoms with Gasteiger partial charge in [-0.3, -0.25) is 4.79 Å². The van der Waals surface area contributed by atoms with Crippen LogP contribution in [0.25, 0.3) is 0 Å². The molecule has 0 radical (unpaired) electrons. The number of rotatable bonds is 3. The maximum atomic E-state index is 11.2. The molecule has 5 nitrogen and oxygen atoms in total. The van der Waals surface area contributed by atoms with Crippen LogP contribution in [0.4, 0.5) is 0 Å². The van der Waals surface area contributed by atoms with Crippen LogP contribution in [0.2, 0.25) is 0 Å². The van der Waals surface area contributed by atoms with Crippen LogP contribution in [-0.4, -0.2) is 25.8 Å². The zero-order chi connectivity index (χ0) is 11.5. The summed E-state index contributed by atoms with van der Waals surface area (Å²) in [6.45, 7) is 2.82. The fourth-order valence-corrected chi connectivity index (χ4v) is 2.53. The Morgan fingerprint density at radius 2 is 2.31 bits per heavy atom. The van der Waals surface area contributed by atoms with E-state index in [0.717, 1.165) is 38.1 Å². The number of hydrogen-bond acceptors (Lipinski definition) is 3. The number of carbonyl (C=O) groups is 1. The van der Waals surface area contributed by atoms with Crippen molar-refractivity contribution in [1.29, 1.82) is 0 Å². The molecule has 2 rings (SSSR count). The van der Waals surface area contributed by atoms with E-state index in [1.807, 2.05) is 11.5 Å². The first-order valence-electron chi connectivity index (χ1n) is 5.84. The second kappa shape index (κ2) is 4.63. The number of carboxylic acids is 1. The van der Waals surface area contributed by atoms with E-state index in [1.165, 1.54) is 0 Å². The number of nitrogens with zero attached hydrogens (tertiary/aromatic N) is 3. The largest absolute Gasteiger partial charge is 0.481 e. The lowest BCUT2D eigenvalue weighted by molar-refractivity contribution is -0.143.